The molecule has 0 aliphatic carbocycles. The molecule has 160 valence electrons. The first-order chi connectivity index (χ1) is 14.2. The van der Waals surface area contributed by atoms with Crippen LogP contribution in [0.25, 0.3) is 22.3 Å². The van der Waals surface area contributed by atoms with Crippen molar-refractivity contribution in [1.82, 2.24) is 0 Å². The van der Waals surface area contributed by atoms with Crippen molar-refractivity contribution < 1.29 is 28.5 Å². The van der Waals surface area contributed by atoms with Crippen molar-refractivity contribution >= 4 is 11.0 Å². The second kappa shape index (κ2) is 7.82. The lowest BCUT2D eigenvalue weighted by Crippen LogP contribution is -2.14. The smallest absolute Gasteiger partial charge is 0.235 e. The van der Waals surface area contributed by atoms with Crippen LogP contribution in [0.5, 0.6) is 28.7 Å². The van der Waals surface area contributed by atoms with Gasteiger partial charge in [-0.15, -0.1) is 0 Å². The second-order valence-corrected chi connectivity index (χ2v) is 7.82. The van der Waals surface area contributed by atoms with Gasteiger partial charge in [-0.1, -0.05) is 20.8 Å². The summed E-state index contributed by atoms with van der Waals surface area (Å²) in [5.41, 5.74) is 0.824. The van der Waals surface area contributed by atoms with E-state index in [-0.39, 0.29) is 16.6 Å². The molecule has 1 N–H and O–H groups in total. The third-order valence-corrected chi connectivity index (χ3v) is 4.92. The summed E-state index contributed by atoms with van der Waals surface area (Å²) in [6.07, 6.45) is 0. The highest BCUT2D eigenvalue weighted by Crippen LogP contribution is 2.43. The molecule has 0 atom stereocenters. The summed E-state index contributed by atoms with van der Waals surface area (Å²) in [6.45, 7) is 6.11. The second-order valence-electron chi connectivity index (χ2n) is 7.82. The number of ether oxygens (including phenoxy) is 4. The number of hydrogen-bond acceptors (Lipinski definition) is 7. The first-order valence-corrected chi connectivity index (χ1v) is 9.34. The van der Waals surface area contributed by atoms with Crippen LogP contribution in [0, 0.1) is 0 Å². The number of aromatic hydroxyl groups is 1. The van der Waals surface area contributed by atoms with Gasteiger partial charge in [-0.05, 0) is 29.7 Å². The topological polar surface area (TPSA) is 87.4 Å². The molecule has 1 aromatic heterocycles. The Morgan fingerprint density at radius 1 is 0.833 bits per heavy atom. The van der Waals surface area contributed by atoms with Gasteiger partial charge in [0, 0.05) is 11.1 Å². The highest BCUT2D eigenvalue weighted by molar-refractivity contribution is 5.85. The Labute approximate surface area is 174 Å². The van der Waals surface area contributed by atoms with Crippen LogP contribution in [0.4, 0.5) is 0 Å². The van der Waals surface area contributed by atoms with Gasteiger partial charge in [-0.3, -0.25) is 4.79 Å². The minimum absolute atomic E-state index is 0.0109. The lowest BCUT2D eigenvalue weighted by molar-refractivity contribution is 0.324. The average molecular weight is 414 g/mol. The normalized spacial score (nSPS) is 11.4. The van der Waals surface area contributed by atoms with E-state index in [2.05, 4.69) is 0 Å². The molecule has 0 radical (unpaired) electrons. The maximum absolute atomic E-state index is 12.9. The largest absolute Gasteiger partial charge is 0.502 e. The Balaban J connectivity index is 2.35. The quantitative estimate of drug-likeness (QED) is 0.658. The van der Waals surface area contributed by atoms with E-state index in [9.17, 15) is 9.90 Å². The van der Waals surface area contributed by atoms with E-state index in [1.165, 1.54) is 21.3 Å². The summed E-state index contributed by atoms with van der Waals surface area (Å²) < 4.78 is 27.5. The van der Waals surface area contributed by atoms with Gasteiger partial charge in [0.05, 0.1) is 33.8 Å². The zero-order chi connectivity index (χ0) is 22.2. The molecule has 0 aliphatic rings. The number of benzene rings is 2. The highest BCUT2D eigenvalue weighted by Gasteiger charge is 2.24. The average Bonchev–Trinajstić information content (AvgIpc) is 2.73. The summed E-state index contributed by atoms with van der Waals surface area (Å²) in [6, 6.07) is 6.59. The lowest BCUT2D eigenvalue weighted by atomic mass is 9.85. The van der Waals surface area contributed by atoms with Crippen LogP contribution >= 0.6 is 0 Å². The zero-order valence-corrected chi connectivity index (χ0v) is 18.2. The van der Waals surface area contributed by atoms with Crippen molar-refractivity contribution in [3.8, 4) is 40.1 Å². The van der Waals surface area contributed by atoms with Gasteiger partial charge < -0.3 is 28.5 Å². The summed E-state index contributed by atoms with van der Waals surface area (Å²) in [5.74, 6) is 1.20. The molecule has 30 heavy (non-hydrogen) atoms. The van der Waals surface area contributed by atoms with Gasteiger partial charge in [-0.2, -0.15) is 0 Å². The van der Waals surface area contributed by atoms with E-state index in [0.29, 0.717) is 34.1 Å². The maximum Gasteiger partial charge on any atom is 0.235 e. The van der Waals surface area contributed by atoms with Crippen LogP contribution in [-0.2, 0) is 5.41 Å². The third kappa shape index (κ3) is 3.51. The van der Waals surface area contributed by atoms with Crippen LogP contribution in [0.1, 0.15) is 26.3 Å². The van der Waals surface area contributed by atoms with Crippen LogP contribution in [0.15, 0.2) is 33.5 Å². The molecule has 7 heteroatoms. The van der Waals surface area contributed by atoms with Gasteiger partial charge in [-0.25, -0.2) is 0 Å². The fraction of sp³-hybridized carbons (Fsp3) is 0.348. The summed E-state index contributed by atoms with van der Waals surface area (Å²) >= 11 is 0. The first-order valence-electron chi connectivity index (χ1n) is 9.34. The van der Waals surface area contributed by atoms with Crippen LogP contribution < -0.4 is 24.4 Å². The van der Waals surface area contributed by atoms with E-state index in [0.717, 1.165) is 5.56 Å². The van der Waals surface area contributed by atoms with Gasteiger partial charge in [0.2, 0.25) is 16.9 Å². The Morgan fingerprint density at radius 3 is 1.87 bits per heavy atom. The van der Waals surface area contributed by atoms with E-state index >= 15 is 0 Å². The standard InChI is InChI=1S/C23H26O7/c1-23(2,3)14-11-15-13(10-16(14)26-4)19(24)20(25)21(30-15)12-8-17(27-5)22(29-7)18(9-12)28-6/h8-11,25H,1-7H3. The Hall–Kier alpha value is -3.35. The predicted octanol–water partition coefficient (Wildman–Crippen LogP) is 4.50. The number of rotatable bonds is 5. The van der Waals surface area contributed by atoms with Gasteiger partial charge >= 0.3 is 0 Å². The number of hydrogen-bond donors (Lipinski definition) is 1. The fourth-order valence-electron chi connectivity index (χ4n) is 3.37. The molecule has 0 amide bonds. The van der Waals surface area contributed by atoms with E-state index in [1.807, 2.05) is 20.8 Å². The molecule has 7 nitrogen and oxygen atoms in total. The molecule has 3 rings (SSSR count). The van der Waals surface area contributed by atoms with Crippen molar-refractivity contribution in [3.63, 3.8) is 0 Å². The first kappa shape index (κ1) is 21.4. The number of methoxy groups -OCH3 is 4. The summed E-state index contributed by atoms with van der Waals surface area (Å²) in [7, 11) is 6.01. The van der Waals surface area contributed by atoms with Crippen LogP contribution in [0.3, 0.4) is 0 Å². The van der Waals surface area contributed by atoms with Crippen molar-refractivity contribution in [2.24, 2.45) is 0 Å². The molecule has 0 unspecified atom stereocenters. The van der Waals surface area contributed by atoms with Crippen molar-refractivity contribution in [1.29, 1.82) is 0 Å². The maximum atomic E-state index is 12.9. The summed E-state index contributed by atoms with van der Waals surface area (Å²) in [4.78, 5) is 12.9. The van der Waals surface area contributed by atoms with E-state index < -0.39 is 11.2 Å². The Bertz CT molecular complexity index is 1130. The third-order valence-electron chi connectivity index (χ3n) is 4.92. The molecule has 1 heterocycles. The minimum atomic E-state index is -0.557. The van der Waals surface area contributed by atoms with Crippen molar-refractivity contribution in [2.75, 3.05) is 28.4 Å². The fourth-order valence-corrected chi connectivity index (χ4v) is 3.37. The zero-order valence-electron chi connectivity index (χ0n) is 18.2. The van der Waals surface area contributed by atoms with Crippen molar-refractivity contribution in [2.45, 2.75) is 26.2 Å². The van der Waals surface area contributed by atoms with Gasteiger partial charge in [0.1, 0.15) is 11.3 Å². The molecule has 0 saturated heterocycles. The van der Waals surface area contributed by atoms with Crippen LogP contribution in [0.2, 0.25) is 0 Å². The molecule has 3 aromatic rings. The Kier molecular flexibility index (Phi) is 5.57. The molecule has 0 fully saturated rings. The molecule has 0 aliphatic heterocycles. The van der Waals surface area contributed by atoms with Gasteiger partial charge in [0.15, 0.2) is 17.3 Å². The van der Waals surface area contributed by atoms with Gasteiger partial charge in [0.25, 0.3) is 0 Å². The molecule has 0 bridgehead atoms. The SMILES string of the molecule is COc1cc2c(=O)c(O)c(-c3cc(OC)c(OC)c(OC)c3)oc2cc1C(C)(C)C. The van der Waals surface area contributed by atoms with E-state index in [1.54, 1.807) is 31.4 Å². The monoisotopic (exact) mass is 414 g/mol. The molecule has 2 aromatic carbocycles. The molecular formula is C23H26O7. The lowest BCUT2D eigenvalue weighted by Gasteiger charge is -2.22. The number of fused-ring (bicyclic) bond motifs is 1. The minimum Gasteiger partial charge on any atom is -0.502 e. The molecular weight excluding hydrogens is 388 g/mol. The summed E-state index contributed by atoms with van der Waals surface area (Å²) in [5, 5.41) is 10.9. The van der Waals surface area contributed by atoms with E-state index in [4.69, 9.17) is 23.4 Å². The molecule has 0 saturated carbocycles. The predicted molar refractivity (Wildman–Crippen MR) is 114 cm³/mol. The molecule has 0 spiro atoms. The van der Waals surface area contributed by atoms with Crippen molar-refractivity contribution in [3.05, 3.63) is 40.1 Å². The Morgan fingerprint density at radius 2 is 1.40 bits per heavy atom. The highest BCUT2D eigenvalue weighted by atomic mass is 16.5. The van der Waals surface area contributed by atoms with Crippen LogP contribution in [-0.4, -0.2) is 33.5 Å².